The molecule has 0 amide bonds. The fourth-order valence-electron chi connectivity index (χ4n) is 14.6. The smallest absolute Gasteiger partial charge is 0.143 e. The quantitative estimate of drug-likeness (QED) is 0.122. The van der Waals surface area contributed by atoms with Crippen LogP contribution in [0.1, 0.15) is 52.7 Å². The van der Waals surface area contributed by atoms with E-state index in [1.54, 1.807) is 0 Å². The van der Waals surface area contributed by atoms with Crippen LogP contribution in [0, 0.1) is 0 Å². The minimum absolute atomic E-state index is 0.0446. The Hall–Kier alpha value is -12.3. The van der Waals surface area contributed by atoms with Crippen LogP contribution in [0.3, 0.4) is 0 Å². The average molecular weight is 1290 g/mol. The lowest BCUT2D eigenvalue weighted by molar-refractivity contribution is 0.587. The van der Waals surface area contributed by atoms with Crippen molar-refractivity contribution >= 4 is 43.9 Å². The molecule has 0 saturated carbocycles. The van der Waals surface area contributed by atoms with Gasteiger partial charge in [0.05, 0.1) is 17.1 Å². The van der Waals surface area contributed by atoms with Crippen LogP contribution >= 0.6 is 0 Å². The van der Waals surface area contributed by atoms with E-state index in [0.717, 1.165) is 178 Å². The van der Waals surface area contributed by atoms with Gasteiger partial charge in [0.1, 0.15) is 22.3 Å². The van der Waals surface area contributed by atoms with Crippen LogP contribution in [-0.2, 0) is 10.8 Å². The zero-order chi connectivity index (χ0) is 67.6. The van der Waals surface area contributed by atoms with Crippen molar-refractivity contribution in [2.45, 2.75) is 52.4 Å². The molecule has 5 nitrogen and oxygen atoms in total. The summed E-state index contributed by atoms with van der Waals surface area (Å²) in [4.78, 5) is 15.0. The van der Waals surface area contributed by atoms with Crippen LogP contribution in [0.15, 0.2) is 331 Å². The number of para-hydroxylation sites is 4. The first-order valence-corrected chi connectivity index (χ1v) is 34.4. The number of hydrogen-bond acceptors (Lipinski definition) is 5. The Bertz CT molecular complexity index is 5980. The Morgan fingerprint density at radius 3 is 1.10 bits per heavy atom. The Morgan fingerprint density at radius 2 is 0.620 bits per heavy atom. The molecule has 17 aromatic rings. The van der Waals surface area contributed by atoms with E-state index in [4.69, 9.17) is 23.8 Å². The number of nitrogens with zero attached hydrogens (tertiary/aromatic N) is 3. The fourth-order valence-corrected chi connectivity index (χ4v) is 14.6. The largest absolute Gasteiger partial charge is 0.455 e. The highest BCUT2D eigenvalue weighted by Gasteiger charge is 2.25. The van der Waals surface area contributed by atoms with Gasteiger partial charge in [-0.2, -0.15) is 0 Å². The number of rotatable bonds is 12. The van der Waals surface area contributed by atoms with Gasteiger partial charge in [0, 0.05) is 68.0 Å². The molecule has 0 N–H and O–H groups in total. The summed E-state index contributed by atoms with van der Waals surface area (Å²) in [6, 6.07) is 110. The third-order valence-corrected chi connectivity index (χ3v) is 19.9. The molecule has 0 radical (unpaired) electrons. The summed E-state index contributed by atoms with van der Waals surface area (Å²) in [6.45, 7) is 13.5. The van der Waals surface area contributed by atoms with E-state index in [1.807, 2.05) is 36.8 Å². The van der Waals surface area contributed by atoms with Crippen LogP contribution in [-0.4, -0.2) is 15.0 Å². The standard InChI is InChI=1S/C95H71N3O2/c1-94(2,3)67-49-51-97-89(58-67)63-43-47-77(86(57-63)83-37-23-35-81-79-33-17-19-40-91(79)100-93(81)83)74-31-15-12-28-71(74)66-53-64(69-26-10-13-29-72(69)75-45-41-61(87-38-20-21-50-96-87)55-84(75)60-24-8-7-9-25-60)52-65(54-66)70-27-11-14-30-73(70)76-46-42-62(88-48-44-68(59-98-88)95(4,5)6)56-85(76)82-36-22-34-80-78-32-16-18-39-90(78)99-92(80)82/h7-59H,1-6H3. The van der Waals surface area contributed by atoms with Crippen LogP contribution in [0.25, 0.3) is 178 Å². The third-order valence-electron chi connectivity index (χ3n) is 19.9. The second kappa shape index (κ2) is 25.0. The molecule has 0 atom stereocenters. The van der Waals surface area contributed by atoms with Crippen molar-refractivity contribution in [1.82, 2.24) is 15.0 Å². The maximum absolute atomic E-state index is 6.93. The molecule has 0 fully saturated rings. The zero-order valence-corrected chi connectivity index (χ0v) is 56.8. The number of aromatic nitrogens is 3. The molecule has 17 rings (SSSR count). The lowest BCUT2D eigenvalue weighted by Gasteiger charge is -2.21. The van der Waals surface area contributed by atoms with Crippen molar-refractivity contribution in [2.75, 3.05) is 0 Å². The van der Waals surface area contributed by atoms with E-state index < -0.39 is 0 Å². The maximum atomic E-state index is 6.93. The lowest BCUT2D eigenvalue weighted by Crippen LogP contribution is -2.11. The summed E-state index contributed by atoms with van der Waals surface area (Å²) in [7, 11) is 0. The summed E-state index contributed by atoms with van der Waals surface area (Å²) in [5.74, 6) is 0. The fraction of sp³-hybridized carbons (Fsp3) is 0.0842. The minimum Gasteiger partial charge on any atom is -0.455 e. The molecule has 478 valence electrons. The van der Waals surface area contributed by atoms with Gasteiger partial charge < -0.3 is 8.83 Å². The average Bonchev–Trinajstić information content (AvgIpc) is 1.36. The van der Waals surface area contributed by atoms with Crippen LogP contribution in [0.4, 0.5) is 0 Å². The molecular weight excluding hydrogens is 1220 g/mol. The first kappa shape index (κ1) is 61.3. The van der Waals surface area contributed by atoms with Crippen LogP contribution in [0.2, 0.25) is 0 Å². The molecule has 0 unspecified atom stereocenters. The Balaban J connectivity index is 0.911. The van der Waals surface area contributed by atoms with E-state index in [-0.39, 0.29) is 10.8 Å². The highest BCUT2D eigenvalue weighted by atomic mass is 16.3. The summed E-state index contributed by atoms with van der Waals surface area (Å²) < 4.78 is 13.9. The van der Waals surface area contributed by atoms with E-state index >= 15 is 0 Å². The second-order valence-corrected chi connectivity index (χ2v) is 28.2. The van der Waals surface area contributed by atoms with Crippen molar-refractivity contribution in [3.05, 3.63) is 333 Å². The molecule has 5 heteroatoms. The number of furan rings is 2. The predicted molar refractivity (Wildman–Crippen MR) is 417 cm³/mol. The van der Waals surface area contributed by atoms with Gasteiger partial charge in [-0.05, 0) is 190 Å². The number of fused-ring (bicyclic) bond motifs is 6. The molecule has 0 aliphatic rings. The molecular formula is C95H71N3O2. The predicted octanol–water partition coefficient (Wildman–Crippen LogP) is 26.3. The highest BCUT2D eigenvalue weighted by Crippen LogP contribution is 2.50. The van der Waals surface area contributed by atoms with Gasteiger partial charge in [-0.3, -0.25) is 15.0 Å². The minimum atomic E-state index is -0.0727. The number of hydrogen-bond donors (Lipinski definition) is 0. The normalized spacial score (nSPS) is 11.9. The van der Waals surface area contributed by atoms with Crippen molar-refractivity contribution in [2.24, 2.45) is 0 Å². The highest BCUT2D eigenvalue weighted by molar-refractivity contribution is 6.13. The van der Waals surface area contributed by atoms with Gasteiger partial charge >= 0.3 is 0 Å². The Labute approximate surface area is 583 Å². The van der Waals surface area contributed by atoms with E-state index in [9.17, 15) is 0 Å². The summed E-state index contributed by atoms with van der Waals surface area (Å²) in [6.07, 6.45) is 5.84. The molecule has 5 aromatic heterocycles. The SMILES string of the molecule is CC(C)(C)c1ccc(-c2ccc(-c3ccccc3-c3cc(-c4ccccc4-c4ccc(-c5ccccn5)cc4-c4ccccc4)cc(-c4ccccc4-c4ccc(-c5cc(C(C)(C)C)ccn5)cc4-c4cccc5c4oc4ccccc45)c3)c(-c3cccc4c3oc3ccccc34)c2)nc1. The topological polar surface area (TPSA) is 65.0 Å². The van der Waals surface area contributed by atoms with Gasteiger partial charge in [0.2, 0.25) is 0 Å². The van der Waals surface area contributed by atoms with Crippen molar-refractivity contribution in [1.29, 1.82) is 0 Å². The van der Waals surface area contributed by atoms with Crippen molar-refractivity contribution < 1.29 is 8.83 Å². The van der Waals surface area contributed by atoms with Gasteiger partial charge in [0.25, 0.3) is 0 Å². The van der Waals surface area contributed by atoms with E-state index in [2.05, 4.69) is 327 Å². The van der Waals surface area contributed by atoms with Gasteiger partial charge in [-0.25, -0.2) is 0 Å². The third kappa shape index (κ3) is 11.3. The Kier molecular flexibility index (Phi) is 15.3. The van der Waals surface area contributed by atoms with Crippen LogP contribution < -0.4 is 0 Å². The first-order valence-electron chi connectivity index (χ1n) is 34.4. The Morgan fingerprint density at radius 1 is 0.220 bits per heavy atom. The van der Waals surface area contributed by atoms with Crippen molar-refractivity contribution in [3.63, 3.8) is 0 Å². The van der Waals surface area contributed by atoms with E-state index in [1.165, 1.54) is 11.1 Å². The van der Waals surface area contributed by atoms with Gasteiger partial charge in [-0.1, -0.05) is 266 Å². The lowest BCUT2D eigenvalue weighted by atomic mass is 9.83. The van der Waals surface area contributed by atoms with Crippen LogP contribution in [0.5, 0.6) is 0 Å². The first-order chi connectivity index (χ1) is 48.8. The maximum Gasteiger partial charge on any atom is 0.143 e. The summed E-state index contributed by atoms with van der Waals surface area (Å²) in [5, 5.41) is 4.31. The molecule has 0 aliphatic heterocycles. The molecule has 100 heavy (non-hydrogen) atoms. The van der Waals surface area contributed by atoms with Gasteiger partial charge in [0.15, 0.2) is 0 Å². The molecule has 12 aromatic carbocycles. The molecule has 5 heterocycles. The summed E-state index contributed by atoms with van der Waals surface area (Å²) in [5.41, 5.74) is 30.8. The second-order valence-electron chi connectivity index (χ2n) is 28.2. The summed E-state index contributed by atoms with van der Waals surface area (Å²) >= 11 is 0. The van der Waals surface area contributed by atoms with E-state index in [0.29, 0.717) is 0 Å². The monoisotopic (exact) mass is 1290 g/mol. The molecule has 0 bridgehead atoms. The van der Waals surface area contributed by atoms with Gasteiger partial charge in [-0.15, -0.1) is 0 Å². The molecule has 0 saturated heterocycles. The number of benzene rings is 12. The van der Waals surface area contributed by atoms with Crippen molar-refractivity contribution in [3.8, 4) is 134 Å². The number of pyridine rings is 3. The molecule has 0 aliphatic carbocycles. The molecule has 0 spiro atoms. The zero-order valence-electron chi connectivity index (χ0n) is 56.8.